The summed E-state index contributed by atoms with van der Waals surface area (Å²) in [6, 6.07) is 7.89. The standard InChI is InChI=1S/C17H18FN5O/c1-22(2)10-9-20-17(24)14-11-21-23-15(7-8-19-16(14)23)12-3-5-13(18)6-4-12/h3-8,11H,9-10H2,1-2H3,(H,20,24). The van der Waals surface area contributed by atoms with Gasteiger partial charge in [-0.3, -0.25) is 4.79 Å². The van der Waals surface area contributed by atoms with Gasteiger partial charge in [0.05, 0.1) is 11.9 Å². The predicted octanol–water partition coefficient (Wildman–Crippen LogP) is 1.83. The van der Waals surface area contributed by atoms with E-state index in [1.54, 1.807) is 28.9 Å². The fraction of sp³-hybridized carbons (Fsp3) is 0.235. The molecule has 0 radical (unpaired) electrons. The van der Waals surface area contributed by atoms with Crippen LogP contribution in [0.25, 0.3) is 16.9 Å². The van der Waals surface area contributed by atoms with E-state index in [9.17, 15) is 9.18 Å². The summed E-state index contributed by atoms with van der Waals surface area (Å²) in [7, 11) is 3.88. The number of amides is 1. The molecule has 0 saturated carbocycles. The third-order valence-corrected chi connectivity index (χ3v) is 3.63. The number of aromatic nitrogens is 3. The van der Waals surface area contributed by atoms with Gasteiger partial charge >= 0.3 is 0 Å². The molecule has 0 bridgehead atoms. The van der Waals surface area contributed by atoms with Crippen molar-refractivity contribution in [2.75, 3.05) is 27.2 Å². The van der Waals surface area contributed by atoms with Crippen molar-refractivity contribution in [1.82, 2.24) is 24.8 Å². The number of fused-ring (bicyclic) bond motifs is 1. The molecule has 2 aromatic heterocycles. The Morgan fingerprint density at radius 1 is 1.25 bits per heavy atom. The molecule has 0 atom stereocenters. The van der Waals surface area contributed by atoms with Crippen LogP contribution in [0.2, 0.25) is 0 Å². The van der Waals surface area contributed by atoms with Crippen LogP contribution in [-0.4, -0.2) is 52.6 Å². The van der Waals surface area contributed by atoms with Crippen LogP contribution in [0.4, 0.5) is 4.39 Å². The van der Waals surface area contributed by atoms with Gasteiger partial charge < -0.3 is 10.2 Å². The van der Waals surface area contributed by atoms with Crippen molar-refractivity contribution < 1.29 is 9.18 Å². The number of halogens is 1. The van der Waals surface area contributed by atoms with Crippen LogP contribution in [0.3, 0.4) is 0 Å². The second-order valence-electron chi connectivity index (χ2n) is 5.69. The second kappa shape index (κ2) is 6.76. The molecule has 0 spiro atoms. The van der Waals surface area contributed by atoms with E-state index in [0.29, 0.717) is 17.8 Å². The van der Waals surface area contributed by atoms with E-state index in [1.807, 2.05) is 19.0 Å². The Bertz CT molecular complexity index is 857. The minimum absolute atomic E-state index is 0.212. The summed E-state index contributed by atoms with van der Waals surface area (Å²) in [5.41, 5.74) is 2.43. The first-order valence-electron chi connectivity index (χ1n) is 7.58. The number of nitrogens with one attached hydrogen (secondary N) is 1. The van der Waals surface area contributed by atoms with Crippen molar-refractivity contribution in [3.05, 3.63) is 54.1 Å². The van der Waals surface area contributed by atoms with Crippen molar-refractivity contribution >= 4 is 11.6 Å². The maximum atomic E-state index is 13.1. The van der Waals surface area contributed by atoms with E-state index < -0.39 is 0 Å². The summed E-state index contributed by atoms with van der Waals surface area (Å²) in [5, 5.41) is 7.12. The number of hydrogen-bond donors (Lipinski definition) is 1. The van der Waals surface area contributed by atoms with Crippen molar-refractivity contribution in [3.8, 4) is 11.3 Å². The van der Waals surface area contributed by atoms with E-state index in [0.717, 1.165) is 17.8 Å². The molecule has 3 rings (SSSR count). The molecule has 3 aromatic rings. The molecule has 0 aliphatic heterocycles. The van der Waals surface area contributed by atoms with Gasteiger partial charge in [0, 0.05) is 24.8 Å². The Morgan fingerprint density at radius 2 is 2.00 bits per heavy atom. The molecule has 0 fully saturated rings. The summed E-state index contributed by atoms with van der Waals surface area (Å²) in [6.07, 6.45) is 3.12. The zero-order valence-electron chi connectivity index (χ0n) is 13.5. The fourth-order valence-electron chi connectivity index (χ4n) is 2.38. The van der Waals surface area contributed by atoms with E-state index in [2.05, 4.69) is 15.4 Å². The zero-order chi connectivity index (χ0) is 17.1. The highest BCUT2D eigenvalue weighted by Crippen LogP contribution is 2.21. The number of likely N-dealkylation sites (N-methyl/N-ethyl adjacent to an activating group) is 1. The van der Waals surface area contributed by atoms with Crippen molar-refractivity contribution in [2.24, 2.45) is 0 Å². The van der Waals surface area contributed by atoms with Crippen molar-refractivity contribution in [1.29, 1.82) is 0 Å². The van der Waals surface area contributed by atoms with Gasteiger partial charge in [-0.1, -0.05) is 0 Å². The van der Waals surface area contributed by atoms with Crippen LogP contribution >= 0.6 is 0 Å². The molecule has 1 amide bonds. The molecule has 6 nitrogen and oxygen atoms in total. The number of rotatable bonds is 5. The van der Waals surface area contributed by atoms with E-state index in [1.165, 1.54) is 18.3 Å². The van der Waals surface area contributed by atoms with Gasteiger partial charge in [0.1, 0.15) is 11.4 Å². The Balaban J connectivity index is 1.91. The highest BCUT2D eigenvalue weighted by atomic mass is 19.1. The number of hydrogen-bond acceptors (Lipinski definition) is 4. The van der Waals surface area contributed by atoms with Crippen LogP contribution in [0.1, 0.15) is 10.4 Å². The quantitative estimate of drug-likeness (QED) is 0.776. The smallest absolute Gasteiger partial charge is 0.256 e. The SMILES string of the molecule is CN(C)CCNC(=O)c1cnn2c(-c3ccc(F)cc3)ccnc12. The number of carbonyl (C=O) groups is 1. The molecular weight excluding hydrogens is 309 g/mol. The Hall–Kier alpha value is -2.80. The summed E-state index contributed by atoms with van der Waals surface area (Å²) in [6.45, 7) is 1.29. The van der Waals surface area contributed by atoms with Crippen molar-refractivity contribution in [3.63, 3.8) is 0 Å². The van der Waals surface area contributed by atoms with E-state index in [4.69, 9.17) is 0 Å². The predicted molar refractivity (Wildman–Crippen MR) is 89.3 cm³/mol. The van der Waals surface area contributed by atoms with Crippen LogP contribution in [-0.2, 0) is 0 Å². The lowest BCUT2D eigenvalue weighted by molar-refractivity contribution is 0.0952. The molecule has 1 aromatic carbocycles. The first kappa shape index (κ1) is 16.1. The monoisotopic (exact) mass is 327 g/mol. The lowest BCUT2D eigenvalue weighted by atomic mass is 10.1. The van der Waals surface area contributed by atoms with Gasteiger partial charge in [-0.05, 0) is 44.4 Å². The molecule has 0 unspecified atom stereocenters. The molecule has 124 valence electrons. The topological polar surface area (TPSA) is 62.5 Å². The minimum atomic E-state index is -0.300. The molecule has 24 heavy (non-hydrogen) atoms. The maximum Gasteiger partial charge on any atom is 0.256 e. The average molecular weight is 327 g/mol. The van der Waals surface area contributed by atoms with Gasteiger partial charge in [-0.2, -0.15) is 5.10 Å². The largest absolute Gasteiger partial charge is 0.351 e. The van der Waals surface area contributed by atoms with E-state index >= 15 is 0 Å². The average Bonchev–Trinajstić information content (AvgIpc) is 2.99. The van der Waals surface area contributed by atoms with Crippen LogP contribution < -0.4 is 5.32 Å². The Kier molecular flexibility index (Phi) is 4.52. The van der Waals surface area contributed by atoms with Crippen LogP contribution in [0.5, 0.6) is 0 Å². The van der Waals surface area contributed by atoms with Gasteiger partial charge in [-0.25, -0.2) is 13.9 Å². The molecule has 0 aliphatic carbocycles. The molecule has 2 heterocycles. The lowest BCUT2D eigenvalue weighted by Crippen LogP contribution is -2.31. The Morgan fingerprint density at radius 3 is 2.71 bits per heavy atom. The first-order chi connectivity index (χ1) is 11.6. The summed E-state index contributed by atoms with van der Waals surface area (Å²) < 4.78 is 14.7. The van der Waals surface area contributed by atoms with Gasteiger partial charge in [-0.15, -0.1) is 0 Å². The molecule has 0 saturated heterocycles. The van der Waals surface area contributed by atoms with Crippen LogP contribution in [0, 0.1) is 5.82 Å². The third kappa shape index (κ3) is 3.26. The van der Waals surface area contributed by atoms with Crippen molar-refractivity contribution in [2.45, 2.75) is 0 Å². The second-order valence-corrected chi connectivity index (χ2v) is 5.69. The third-order valence-electron chi connectivity index (χ3n) is 3.63. The molecule has 0 aliphatic rings. The Labute approximate surface area is 138 Å². The number of carbonyl (C=O) groups excluding carboxylic acids is 1. The summed E-state index contributed by atoms with van der Waals surface area (Å²) in [5.74, 6) is -0.513. The van der Waals surface area contributed by atoms with Gasteiger partial charge in [0.2, 0.25) is 0 Å². The molecule has 7 heteroatoms. The van der Waals surface area contributed by atoms with E-state index in [-0.39, 0.29) is 11.7 Å². The molecule has 1 N–H and O–H groups in total. The highest BCUT2D eigenvalue weighted by Gasteiger charge is 2.15. The summed E-state index contributed by atoms with van der Waals surface area (Å²) in [4.78, 5) is 18.6. The van der Waals surface area contributed by atoms with Crippen LogP contribution in [0.15, 0.2) is 42.7 Å². The summed E-state index contributed by atoms with van der Waals surface area (Å²) >= 11 is 0. The van der Waals surface area contributed by atoms with Gasteiger partial charge in [0.25, 0.3) is 5.91 Å². The lowest BCUT2D eigenvalue weighted by Gasteiger charge is -2.10. The normalized spacial score (nSPS) is 11.2. The zero-order valence-corrected chi connectivity index (χ0v) is 13.5. The highest BCUT2D eigenvalue weighted by molar-refractivity contribution is 5.99. The number of nitrogens with zero attached hydrogens (tertiary/aromatic N) is 4. The molecular formula is C17H18FN5O. The first-order valence-corrected chi connectivity index (χ1v) is 7.58. The maximum absolute atomic E-state index is 13.1. The number of benzene rings is 1. The fourth-order valence-corrected chi connectivity index (χ4v) is 2.38. The minimum Gasteiger partial charge on any atom is -0.351 e. The van der Waals surface area contributed by atoms with Gasteiger partial charge in [0.15, 0.2) is 5.65 Å².